The molecule has 4 rings (SSSR count). The van der Waals surface area contributed by atoms with Gasteiger partial charge in [0.05, 0.1) is 5.69 Å². The second-order valence-corrected chi connectivity index (χ2v) is 8.96. The Morgan fingerprint density at radius 3 is 2.43 bits per heavy atom. The fourth-order valence-electron chi connectivity index (χ4n) is 4.80. The van der Waals surface area contributed by atoms with E-state index in [4.69, 9.17) is 0 Å². The molecule has 3 aromatic carbocycles. The Balaban J connectivity index is 1.46. The van der Waals surface area contributed by atoms with Crippen LogP contribution in [0.25, 0.3) is 10.8 Å². The van der Waals surface area contributed by atoms with Crippen molar-refractivity contribution < 1.29 is 14.4 Å². The van der Waals surface area contributed by atoms with Gasteiger partial charge in [0.25, 0.3) is 5.91 Å². The first-order chi connectivity index (χ1) is 17.0. The van der Waals surface area contributed by atoms with E-state index in [1.807, 2.05) is 80.6 Å². The Labute approximate surface area is 206 Å². The largest absolute Gasteiger partial charge is 0.354 e. The summed E-state index contributed by atoms with van der Waals surface area (Å²) in [5.74, 6) is -0.207. The molecule has 0 aromatic heterocycles. The summed E-state index contributed by atoms with van der Waals surface area (Å²) < 4.78 is 0. The molecule has 1 atom stereocenters. The molecule has 182 valence electrons. The number of benzene rings is 3. The average molecular weight is 472 g/mol. The van der Waals surface area contributed by atoms with E-state index in [1.165, 1.54) is 0 Å². The first kappa shape index (κ1) is 24.5. The maximum absolute atomic E-state index is 13.4. The average Bonchev–Trinajstić information content (AvgIpc) is 3.16. The number of carbonyl (C=O) groups excluding carboxylic acids is 3. The van der Waals surface area contributed by atoms with Crippen LogP contribution in [0.15, 0.2) is 66.7 Å². The number of hydrogen-bond acceptors (Lipinski definition) is 3. The van der Waals surface area contributed by atoms with E-state index < -0.39 is 6.04 Å². The van der Waals surface area contributed by atoms with Gasteiger partial charge in [-0.25, -0.2) is 0 Å². The molecule has 0 unspecified atom stereocenters. The minimum Gasteiger partial charge on any atom is -0.354 e. The minimum atomic E-state index is -0.527. The molecule has 0 spiro atoms. The van der Waals surface area contributed by atoms with Crippen molar-refractivity contribution in [2.75, 3.05) is 18.0 Å². The molecule has 1 heterocycles. The summed E-state index contributed by atoms with van der Waals surface area (Å²) in [6, 6.07) is 20.9. The molecule has 6 heteroatoms. The predicted molar refractivity (Wildman–Crippen MR) is 139 cm³/mol. The maximum Gasteiger partial charge on any atom is 0.258 e. The molecular weight excluding hydrogens is 438 g/mol. The van der Waals surface area contributed by atoms with Crippen molar-refractivity contribution in [3.05, 3.63) is 77.9 Å². The number of nitrogens with one attached hydrogen (secondary N) is 1. The summed E-state index contributed by atoms with van der Waals surface area (Å²) in [7, 11) is 0. The van der Waals surface area contributed by atoms with E-state index in [1.54, 1.807) is 9.80 Å². The summed E-state index contributed by atoms with van der Waals surface area (Å²) >= 11 is 0. The zero-order chi connectivity index (χ0) is 24.8. The Morgan fingerprint density at radius 2 is 1.71 bits per heavy atom. The highest BCUT2D eigenvalue weighted by Gasteiger charge is 2.31. The zero-order valence-electron chi connectivity index (χ0n) is 20.5. The molecule has 1 N–H and O–H groups in total. The van der Waals surface area contributed by atoms with Crippen molar-refractivity contribution in [1.29, 1.82) is 0 Å². The molecule has 35 heavy (non-hydrogen) atoms. The van der Waals surface area contributed by atoms with Gasteiger partial charge in [-0.1, -0.05) is 68.4 Å². The van der Waals surface area contributed by atoms with Gasteiger partial charge < -0.3 is 15.1 Å². The molecule has 3 aromatic rings. The first-order valence-electron chi connectivity index (χ1n) is 12.5. The van der Waals surface area contributed by atoms with Gasteiger partial charge in [-0.15, -0.1) is 0 Å². The second-order valence-electron chi connectivity index (χ2n) is 8.96. The van der Waals surface area contributed by atoms with Crippen molar-refractivity contribution in [3.8, 4) is 0 Å². The third kappa shape index (κ3) is 5.21. The molecule has 1 aliphatic rings. The Hall–Kier alpha value is -3.67. The lowest BCUT2D eigenvalue weighted by molar-refractivity contribution is -0.141. The number of rotatable bonds is 11. The Kier molecular flexibility index (Phi) is 7.80. The molecule has 0 aliphatic carbocycles. The number of anilines is 1. The molecule has 6 nitrogen and oxygen atoms in total. The summed E-state index contributed by atoms with van der Waals surface area (Å²) in [5.41, 5.74) is 2.61. The standard InChI is InChI=1S/C29H33N3O3/c1-3-18-30-28(34)24(4-2)32(20-21-11-6-5-7-12-21)26(33)17-10-19-31-25-16-9-14-22-13-8-15-23(27(22)25)29(31)35/h5-9,11-16,24H,3-4,10,17-20H2,1-2H3,(H,30,34)/t24-/m1/s1. The van der Waals surface area contributed by atoms with Crippen LogP contribution in [-0.2, 0) is 16.1 Å². The fourth-order valence-corrected chi connectivity index (χ4v) is 4.80. The van der Waals surface area contributed by atoms with Gasteiger partial charge in [0.1, 0.15) is 6.04 Å². The van der Waals surface area contributed by atoms with E-state index in [0.29, 0.717) is 38.0 Å². The van der Waals surface area contributed by atoms with Crippen LogP contribution in [0.1, 0.15) is 55.5 Å². The van der Waals surface area contributed by atoms with E-state index in [9.17, 15) is 14.4 Å². The third-order valence-corrected chi connectivity index (χ3v) is 6.55. The Bertz CT molecular complexity index is 1200. The van der Waals surface area contributed by atoms with Crippen LogP contribution in [0.3, 0.4) is 0 Å². The van der Waals surface area contributed by atoms with E-state index in [0.717, 1.165) is 28.4 Å². The monoisotopic (exact) mass is 471 g/mol. The Morgan fingerprint density at radius 1 is 0.971 bits per heavy atom. The van der Waals surface area contributed by atoms with E-state index >= 15 is 0 Å². The van der Waals surface area contributed by atoms with Gasteiger partial charge in [0.15, 0.2) is 0 Å². The number of amides is 3. The van der Waals surface area contributed by atoms with Crippen molar-refractivity contribution in [3.63, 3.8) is 0 Å². The SMILES string of the molecule is CCCNC(=O)[C@@H](CC)N(Cc1ccccc1)C(=O)CCCN1C(=O)c2cccc3cccc1c23. The topological polar surface area (TPSA) is 69.7 Å². The van der Waals surface area contributed by atoms with Crippen LogP contribution in [0.4, 0.5) is 5.69 Å². The summed E-state index contributed by atoms with van der Waals surface area (Å²) in [4.78, 5) is 42.8. The van der Waals surface area contributed by atoms with Crippen molar-refractivity contribution in [2.45, 2.75) is 52.1 Å². The molecule has 3 amide bonds. The summed E-state index contributed by atoms with van der Waals surface area (Å²) in [6.07, 6.45) is 2.16. The van der Waals surface area contributed by atoms with Gasteiger partial charge >= 0.3 is 0 Å². The third-order valence-electron chi connectivity index (χ3n) is 6.55. The van der Waals surface area contributed by atoms with Gasteiger partial charge in [-0.3, -0.25) is 14.4 Å². The maximum atomic E-state index is 13.4. The minimum absolute atomic E-state index is 0.0178. The second kappa shape index (κ2) is 11.2. The molecule has 0 saturated carbocycles. The molecular formula is C29H33N3O3. The van der Waals surface area contributed by atoms with Crippen LogP contribution >= 0.6 is 0 Å². The molecule has 0 saturated heterocycles. The van der Waals surface area contributed by atoms with Crippen LogP contribution in [0.2, 0.25) is 0 Å². The van der Waals surface area contributed by atoms with Crippen LogP contribution in [0.5, 0.6) is 0 Å². The van der Waals surface area contributed by atoms with Crippen molar-refractivity contribution in [1.82, 2.24) is 10.2 Å². The smallest absolute Gasteiger partial charge is 0.258 e. The number of nitrogens with zero attached hydrogens (tertiary/aromatic N) is 2. The van der Waals surface area contributed by atoms with Crippen LogP contribution in [0, 0.1) is 0 Å². The van der Waals surface area contributed by atoms with E-state index in [-0.39, 0.29) is 24.1 Å². The highest BCUT2D eigenvalue weighted by Crippen LogP contribution is 2.37. The normalized spacial score (nSPS) is 13.2. The quantitative estimate of drug-likeness (QED) is 0.432. The molecule has 0 bridgehead atoms. The first-order valence-corrected chi connectivity index (χ1v) is 12.5. The van der Waals surface area contributed by atoms with Crippen LogP contribution in [-0.4, -0.2) is 41.8 Å². The predicted octanol–water partition coefficient (Wildman–Crippen LogP) is 4.91. The fraction of sp³-hybridized carbons (Fsp3) is 0.345. The molecule has 1 aliphatic heterocycles. The van der Waals surface area contributed by atoms with Crippen molar-refractivity contribution >= 4 is 34.2 Å². The number of hydrogen-bond donors (Lipinski definition) is 1. The van der Waals surface area contributed by atoms with Gasteiger partial charge in [0.2, 0.25) is 11.8 Å². The summed E-state index contributed by atoms with van der Waals surface area (Å²) in [6.45, 7) is 5.36. The van der Waals surface area contributed by atoms with Gasteiger partial charge in [0, 0.05) is 37.0 Å². The highest BCUT2D eigenvalue weighted by molar-refractivity contribution is 6.25. The lowest BCUT2D eigenvalue weighted by Crippen LogP contribution is -2.49. The summed E-state index contributed by atoms with van der Waals surface area (Å²) in [5, 5.41) is 4.97. The van der Waals surface area contributed by atoms with E-state index in [2.05, 4.69) is 5.32 Å². The lowest BCUT2D eigenvalue weighted by atomic mass is 10.1. The highest BCUT2D eigenvalue weighted by atomic mass is 16.2. The number of carbonyl (C=O) groups is 3. The van der Waals surface area contributed by atoms with Gasteiger partial charge in [-0.2, -0.15) is 0 Å². The van der Waals surface area contributed by atoms with Crippen LogP contribution < -0.4 is 10.2 Å². The molecule has 0 radical (unpaired) electrons. The van der Waals surface area contributed by atoms with Gasteiger partial charge in [-0.05, 0) is 42.3 Å². The zero-order valence-corrected chi connectivity index (χ0v) is 20.5. The molecule has 0 fully saturated rings. The van der Waals surface area contributed by atoms with Crippen molar-refractivity contribution in [2.24, 2.45) is 0 Å². The lowest BCUT2D eigenvalue weighted by Gasteiger charge is -2.31.